The van der Waals surface area contributed by atoms with Crippen LogP contribution in [0.15, 0.2) is 30.3 Å². The Morgan fingerprint density at radius 2 is 2.14 bits per heavy atom. The molecule has 0 N–H and O–H groups in total. The molecule has 1 aliphatic rings. The van der Waals surface area contributed by atoms with Gasteiger partial charge in [0, 0.05) is 5.92 Å². The molecular formula is C11H11ClO2. The highest BCUT2D eigenvalue weighted by Gasteiger charge is 2.60. The Hall–Kier alpha value is -1.02. The fraction of sp³-hybridized carbons (Fsp3) is 0.364. The van der Waals surface area contributed by atoms with Gasteiger partial charge in [0.15, 0.2) is 0 Å². The molecule has 0 bridgehead atoms. The Labute approximate surface area is 87.8 Å². The fourth-order valence-corrected chi connectivity index (χ4v) is 2.06. The van der Waals surface area contributed by atoms with Crippen LogP contribution in [0, 0.1) is 0 Å². The Bertz CT molecular complexity index is 350. The molecule has 2 rings (SSSR count). The molecule has 1 saturated carbocycles. The van der Waals surface area contributed by atoms with Gasteiger partial charge in [-0.05, 0) is 12.0 Å². The van der Waals surface area contributed by atoms with Gasteiger partial charge < -0.3 is 4.74 Å². The Morgan fingerprint density at radius 3 is 2.71 bits per heavy atom. The Balaban J connectivity index is 2.16. The number of hydrogen-bond donors (Lipinski definition) is 0. The maximum absolute atomic E-state index is 11.3. The quantitative estimate of drug-likeness (QED) is 0.553. The van der Waals surface area contributed by atoms with Crippen LogP contribution in [0.2, 0.25) is 0 Å². The molecule has 3 heteroatoms. The second-order valence-corrected chi connectivity index (χ2v) is 4.20. The first kappa shape index (κ1) is 9.53. The molecular weight excluding hydrogens is 200 g/mol. The summed E-state index contributed by atoms with van der Waals surface area (Å²) in [6.07, 6.45) is 0.672. The minimum Gasteiger partial charge on any atom is -0.468 e. The lowest BCUT2D eigenvalue weighted by atomic mass is 10.1. The summed E-state index contributed by atoms with van der Waals surface area (Å²) in [5.74, 6) is -0.217. The minimum atomic E-state index is -0.809. The molecule has 0 heterocycles. The largest absolute Gasteiger partial charge is 0.468 e. The molecule has 0 saturated heterocycles. The molecule has 0 aromatic heterocycles. The minimum absolute atomic E-state index is 0.109. The van der Waals surface area contributed by atoms with Crippen LogP contribution in [0.4, 0.5) is 0 Å². The molecule has 1 aromatic carbocycles. The van der Waals surface area contributed by atoms with E-state index in [0.717, 1.165) is 5.56 Å². The molecule has 0 radical (unpaired) electrons. The standard InChI is InChI=1S/C11H11ClO2/c1-14-10(13)11(12)7-9(11)8-5-3-2-4-6-8/h2-6,9H,7H2,1H3/t9?,11-/m1/s1. The zero-order chi connectivity index (χ0) is 10.2. The summed E-state index contributed by atoms with van der Waals surface area (Å²) in [5, 5.41) is 0. The van der Waals surface area contributed by atoms with Crippen LogP contribution in [0.1, 0.15) is 17.9 Å². The van der Waals surface area contributed by atoms with Gasteiger partial charge in [-0.1, -0.05) is 30.3 Å². The highest BCUT2D eigenvalue weighted by molar-refractivity contribution is 6.37. The van der Waals surface area contributed by atoms with E-state index in [0.29, 0.717) is 6.42 Å². The molecule has 74 valence electrons. The summed E-state index contributed by atoms with van der Waals surface area (Å²) in [7, 11) is 1.37. The zero-order valence-electron chi connectivity index (χ0n) is 7.87. The predicted molar refractivity (Wildman–Crippen MR) is 54.4 cm³/mol. The third kappa shape index (κ3) is 1.40. The molecule has 0 aliphatic heterocycles. The number of carbonyl (C=O) groups excluding carboxylic acids is 1. The summed E-state index contributed by atoms with van der Waals surface area (Å²) < 4.78 is 4.66. The molecule has 14 heavy (non-hydrogen) atoms. The first-order chi connectivity index (χ1) is 6.68. The van der Waals surface area contributed by atoms with Crippen LogP contribution in [-0.4, -0.2) is 18.0 Å². The van der Waals surface area contributed by atoms with E-state index < -0.39 is 4.87 Å². The third-order valence-corrected chi connectivity index (χ3v) is 3.19. The molecule has 1 aliphatic carbocycles. The lowest BCUT2D eigenvalue weighted by Gasteiger charge is -2.05. The maximum Gasteiger partial charge on any atom is 0.327 e. The van der Waals surface area contributed by atoms with Crippen molar-refractivity contribution >= 4 is 17.6 Å². The number of carbonyl (C=O) groups is 1. The number of esters is 1. The Morgan fingerprint density at radius 1 is 1.50 bits per heavy atom. The van der Waals surface area contributed by atoms with Crippen LogP contribution in [0.25, 0.3) is 0 Å². The van der Waals surface area contributed by atoms with E-state index >= 15 is 0 Å². The third-order valence-electron chi connectivity index (χ3n) is 2.62. The van der Waals surface area contributed by atoms with E-state index in [4.69, 9.17) is 11.6 Å². The highest BCUT2D eigenvalue weighted by atomic mass is 35.5. The van der Waals surface area contributed by atoms with E-state index in [2.05, 4.69) is 4.74 Å². The summed E-state index contributed by atoms with van der Waals surface area (Å²) >= 11 is 6.12. The summed E-state index contributed by atoms with van der Waals surface area (Å²) in [6.45, 7) is 0. The predicted octanol–water partition coefficient (Wildman–Crippen LogP) is 2.32. The van der Waals surface area contributed by atoms with Crippen molar-refractivity contribution in [2.24, 2.45) is 0 Å². The second-order valence-electron chi connectivity index (χ2n) is 3.52. The number of alkyl halides is 1. The number of benzene rings is 1. The van der Waals surface area contributed by atoms with Crippen LogP contribution >= 0.6 is 11.6 Å². The second kappa shape index (κ2) is 3.28. The van der Waals surface area contributed by atoms with Crippen molar-refractivity contribution in [2.45, 2.75) is 17.2 Å². The van der Waals surface area contributed by atoms with Crippen molar-refractivity contribution in [3.05, 3.63) is 35.9 Å². The van der Waals surface area contributed by atoms with Gasteiger partial charge in [0.1, 0.15) is 4.87 Å². The zero-order valence-corrected chi connectivity index (χ0v) is 8.62. The van der Waals surface area contributed by atoms with Gasteiger partial charge >= 0.3 is 5.97 Å². The van der Waals surface area contributed by atoms with Crippen LogP contribution < -0.4 is 0 Å². The van der Waals surface area contributed by atoms with Crippen molar-refractivity contribution in [1.29, 1.82) is 0 Å². The van der Waals surface area contributed by atoms with E-state index in [1.165, 1.54) is 7.11 Å². The van der Waals surface area contributed by atoms with Gasteiger partial charge in [-0.15, -0.1) is 11.6 Å². The molecule has 1 fully saturated rings. The van der Waals surface area contributed by atoms with Gasteiger partial charge in [0.2, 0.25) is 0 Å². The normalized spacial score (nSPS) is 29.7. The van der Waals surface area contributed by atoms with E-state index in [-0.39, 0.29) is 11.9 Å². The molecule has 0 spiro atoms. The highest BCUT2D eigenvalue weighted by Crippen LogP contribution is 2.57. The number of ether oxygens (including phenoxy) is 1. The summed E-state index contributed by atoms with van der Waals surface area (Å²) in [5.41, 5.74) is 1.10. The van der Waals surface area contributed by atoms with Crippen LogP contribution in [0.3, 0.4) is 0 Å². The van der Waals surface area contributed by atoms with E-state index in [1.807, 2.05) is 30.3 Å². The van der Waals surface area contributed by atoms with E-state index in [9.17, 15) is 4.79 Å². The number of halogens is 1. The van der Waals surface area contributed by atoms with Crippen molar-refractivity contribution < 1.29 is 9.53 Å². The monoisotopic (exact) mass is 210 g/mol. The average molecular weight is 211 g/mol. The molecule has 2 atom stereocenters. The summed E-state index contributed by atoms with van der Waals surface area (Å²) in [6, 6.07) is 9.81. The van der Waals surface area contributed by atoms with Crippen molar-refractivity contribution in [3.8, 4) is 0 Å². The van der Waals surface area contributed by atoms with Gasteiger partial charge in [0.25, 0.3) is 0 Å². The van der Waals surface area contributed by atoms with Crippen molar-refractivity contribution in [1.82, 2.24) is 0 Å². The van der Waals surface area contributed by atoms with Crippen LogP contribution in [-0.2, 0) is 9.53 Å². The SMILES string of the molecule is COC(=O)[C@@]1(Cl)CC1c1ccccc1. The van der Waals surface area contributed by atoms with Gasteiger partial charge in [-0.25, -0.2) is 0 Å². The van der Waals surface area contributed by atoms with Gasteiger partial charge in [0.05, 0.1) is 7.11 Å². The lowest BCUT2D eigenvalue weighted by Crippen LogP contribution is -2.19. The number of hydrogen-bond acceptors (Lipinski definition) is 2. The first-order valence-corrected chi connectivity index (χ1v) is 4.88. The number of methoxy groups -OCH3 is 1. The summed E-state index contributed by atoms with van der Waals surface area (Å²) in [4.78, 5) is 10.5. The average Bonchev–Trinajstić information content (AvgIpc) is 2.92. The lowest BCUT2D eigenvalue weighted by molar-refractivity contribution is -0.141. The van der Waals surface area contributed by atoms with E-state index in [1.54, 1.807) is 0 Å². The molecule has 1 unspecified atom stereocenters. The molecule has 2 nitrogen and oxygen atoms in total. The van der Waals surface area contributed by atoms with Crippen molar-refractivity contribution in [3.63, 3.8) is 0 Å². The Kier molecular flexibility index (Phi) is 2.23. The maximum atomic E-state index is 11.3. The molecule has 0 amide bonds. The van der Waals surface area contributed by atoms with Crippen molar-refractivity contribution in [2.75, 3.05) is 7.11 Å². The fourth-order valence-electron chi connectivity index (χ4n) is 1.70. The molecule has 1 aromatic rings. The first-order valence-electron chi connectivity index (χ1n) is 4.51. The topological polar surface area (TPSA) is 26.3 Å². The van der Waals surface area contributed by atoms with Gasteiger partial charge in [-0.2, -0.15) is 0 Å². The van der Waals surface area contributed by atoms with Crippen LogP contribution in [0.5, 0.6) is 0 Å². The number of rotatable bonds is 2. The van der Waals surface area contributed by atoms with Gasteiger partial charge in [-0.3, -0.25) is 4.79 Å². The smallest absolute Gasteiger partial charge is 0.327 e.